The van der Waals surface area contributed by atoms with E-state index in [-0.39, 0.29) is 17.3 Å². The normalized spacial score (nSPS) is 12.7. The topological polar surface area (TPSA) is 60.8 Å². The Bertz CT molecular complexity index is 1000. The predicted octanol–water partition coefficient (Wildman–Crippen LogP) is 3.79. The molecule has 2 aromatic rings. The summed E-state index contributed by atoms with van der Waals surface area (Å²) < 4.78 is 27.5. The summed E-state index contributed by atoms with van der Waals surface area (Å²) in [5, 5.41) is 2.21. The van der Waals surface area contributed by atoms with E-state index in [4.69, 9.17) is 21.1 Å². The minimum Gasteiger partial charge on any atom is -0.492 e. The van der Waals surface area contributed by atoms with E-state index in [1.54, 1.807) is 23.9 Å². The number of halogens is 2. The minimum atomic E-state index is -0.964. The van der Waals surface area contributed by atoms with E-state index in [1.165, 1.54) is 13.1 Å². The van der Waals surface area contributed by atoms with Gasteiger partial charge in [0, 0.05) is 37.9 Å². The third kappa shape index (κ3) is 4.02. The second-order valence-corrected chi connectivity index (χ2v) is 7.67. The van der Waals surface area contributed by atoms with Crippen LogP contribution in [-0.4, -0.2) is 36.8 Å². The van der Waals surface area contributed by atoms with Gasteiger partial charge in [0.1, 0.15) is 11.4 Å². The quantitative estimate of drug-likeness (QED) is 0.502. The molecule has 2 heterocycles. The average Bonchev–Trinajstić information content (AvgIpc) is 2.67. The van der Waals surface area contributed by atoms with Gasteiger partial charge in [0.2, 0.25) is 5.43 Å². The number of ketones is 1. The van der Waals surface area contributed by atoms with Gasteiger partial charge < -0.3 is 14.5 Å². The second kappa shape index (κ2) is 8.55. The van der Waals surface area contributed by atoms with Gasteiger partial charge in [-0.2, -0.15) is 0 Å². The van der Waals surface area contributed by atoms with Crippen molar-refractivity contribution in [2.45, 2.75) is 39.8 Å². The highest BCUT2D eigenvalue weighted by atomic mass is 35.5. The van der Waals surface area contributed by atoms with E-state index in [0.717, 1.165) is 5.56 Å². The van der Waals surface area contributed by atoms with Crippen LogP contribution in [0.15, 0.2) is 23.1 Å². The number of methoxy groups -OCH3 is 1. The number of nitrogens with zero attached hydrogens (tertiary/aromatic N) is 2. The summed E-state index contributed by atoms with van der Waals surface area (Å²) in [6, 6.07) is 3.39. The molecule has 8 heteroatoms. The molecule has 1 aromatic carbocycles. The number of benzene rings is 1. The summed E-state index contributed by atoms with van der Waals surface area (Å²) in [6.07, 6.45) is 2.12. The van der Waals surface area contributed by atoms with Crippen molar-refractivity contribution in [3.63, 3.8) is 0 Å². The van der Waals surface area contributed by atoms with Crippen molar-refractivity contribution in [3.8, 4) is 17.0 Å². The Hall–Kier alpha value is -2.38. The zero-order valence-corrected chi connectivity index (χ0v) is 17.7. The molecule has 0 saturated heterocycles. The van der Waals surface area contributed by atoms with Gasteiger partial charge in [0.15, 0.2) is 11.6 Å². The lowest BCUT2D eigenvalue weighted by Gasteiger charge is -2.38. The SMILES string of the molecule is COCCCOc1cc2c(cc1Cl)-c1c(F)c(=O)c(C(C)=O)cn1N(C(C)C)C2. The maximum Gasteiger partial charge on any atom is 0.228 e. The fraction of sp³-hybridized carbons (Fsp3) is 0.429. The van der Waals surface area contributed by atoms with Gasteiger partial charge in [-0.05, 0) is 38.5 Å². The van der Waals surface area contributed by atoms with Gasteiger partial charge in [-0.3, -0.25) is 14.3 Å². The number of hydrogen-bond acceptors (Lipinski definition) is 5. The summed E-state index contributed by atoms with van der Waals surface area (Å²) in [7, 11) is 1.62. The Kier molecular flexibility index (Phi) is 6.29. The third-order valence-corrected chi connectivity index (χ3v) is 5.18. The van der Waals surface area contributed by atoms with Crippen molar-refractivity contribution in [1.82, 2.24) is 4.68 Å². The molecule has 0 N–H and O–H groups in total. The molecule has 1 aliphatic rings. The van der Waals surface area contributed by atoms with Gasteiger partial charge in [0.05, 0.1) is 23.7 Å². The second-order valence-electron chi connectivity index (χ2n) is 7.26. The smallest absolute Gasteiger partial charge is 0.228 e. The van der Waals surface area contributed by atoms with Gasteiger partial charge in [-0.1, -0.05) is 11.6 Å². The first kappa shape index (κ1) is 21.3. The van der Waals surface area contributed by atoms with Crippen LogP contribution in [-0.2, 0) is 11.3 Å². The molecule has 29 heavy (non-hydrogen) atoms. The van der Waals surface area contributed by atoms with E-state index in [9.17, 15) is 9.59 Å². The van der Waals surface area contributed by atoms with Crippen molar-refractivity contribution >= 4 is 17.4 Å². The largest absolute Gasteiger partial charge is 0.492 e. The van der Waals surface area contributed by atoms with Crippen LogP contribution in [0.1, 0.15) is 43.1 Å². The minimum absolute atomic E-state index is 0.00893. The summed E-state index contributed by atoms with van der Waals surface area (Å²) in [5.41, 5.74) is 0.322. The number of carbonyl (C=O) groups is 1. The number of fused-ring (bicyclic) bond motifs is 3. The lowest BCUT2D eigenvalue weighted by Crippen LogP contribution is -2.45. The van der Waals surface area contributed by atoms with E-state index in [2.05, 4.69) is 0 Å². The summed E-state index contributed by atoms with van der Waals surface area (Å²) in [5.74, 6) is -0.938. The molecule has 0 amide bonds. The number of hydrogen-bond donors (Lipinski definition) is 0. The molecular formula is C21H24ClFN2O4. The number of rotatable bonds is 7. The predicted molar refractivity (Wildman–Crippen MR) is 110 cm³/mol. The lowest BCUT2D eigenvalue weighted by molar-refractivity contribution is 0.101. The summed E-state index contributed by atoms with van der Waals surface area (Å²) in [6.45, 7) is 6.62. The van der Waals surface area contributed by atoms with Crippen LogP contribution in [0.3, 0.4) is 0 Å². The van der Waals surface area contributed by atoms with Gasteiger partial charge >= 0.3 is 0 Å². The summed E-state index contributed by atoms with van der Waals surface area (Å²) in [4.78, 5) is 24.3. The number of Topliss-reactive ketones (excluding diaryl/α,β-unsaturated/α-hetero) is 1. The van der Waals surface area contributed by atoms with Crippen LogP contribution in [0.2, 0.25) is 5.02 Å². The molecule has 1 aliphatic heterocycles. The van der Waals surface area contributed by atoms with Gasteiger partial charge in [-0.25, -0.2) is 4.39 Å². The Morgan fingerprint density at radius 3 is 2.66 bits per heavy atom. The van der Waals surface area contributed by atoms with Crippen LogP contribution >= 0.6 is 11.6 Å². The molecule has 0 atom stereocenters. The van der Waals surface area contributed by atoms with Gasteiger partial charge in [0.25, 0.3) is 0 Å². The maximum absolute atomic E-state index is 15.1. The highest BCUT2D eigenvalue weighted by Crippen LogP contribution is 2.38. The highest BCUT2D eigenvalue weighted by molar-refractivity contribution is 6.32. The first-order chi connectivity index (χ1) is 13.8. The molecule has 0 radical (unpaired) electrons. The first-order valence-electron chi connectivity index (χ1n) is 9.43. The highest BCUT2D eigenvalue weighted by Gasteiger charge is 2.30. The number of carbonyl (C=O) groups excluding carboxylic acids is 1. The molecule has 0 bridgehead atoms. The Morgan fingerprint density at radius 2 is 2.03 bits per heavy atom. The van der Waals surface area contributed by atoms with E-state index < -0.39 is 17.0 Å². The van der Waals surface area contributed by atoms with Crippen LogP contribution in [0.25, 0.3) is 11.3 Å². The monoisotopic (exact) mass is 422 g/mol. The molecule has 156 valence electrons. The van der Waals surface area contributed by atoms with E-state index in [1.807, 2.05) is 18.9 Å². The molecule has 0 spiro atoms. The zero-order chi connectivity index (χ0) is 21.3. The van der Waals surface area contributed by atoms with Crippen molar-refractivity contribution < 1.29 is 18.7 Å². The van der Waals surface area contributed by atoms with Crippen molar-refractivity contribution in [2.24, 2.45) is 0 Å². The molecule has 0 fully saturated rings. The molecule has 3 rings (SSSR count). The Balaban J connectivity index is 2.14. The molecule has 0 unspecified atom stereocenters. The first-order valence-corrected chi connectivity index (χ1v) is 9.81. The molecule has 0 saturated carbocycles. The number of pyridine rings is 1. The molecular weight excluding hydrogens is 399 g/mol. The molecule has 1 aromatic heterocycles. The third-order valence-electron chi connectivity index (χ3n) is 4.88. The Morgan fingerprint density at radius 1 is 1.31 bits per heavy atom. The molecule has 0 aliphatic carbocycles. The standard InChI is InChI=1S/C21H24ClFN2O4/c1-12(2)24-10-14-8-18(29-7-5-6-28-4)17(22)9-15(14)20-19(23)21(27)16(13(3)26)11-25(20)24/h8-9,11-12H,5-7,10H2,1-4H3. The Labute approximate surface area is 173 Å². The van der Waals surface area contributed by atoms with Crippen LogP contribution < -0.4 is 15.2 Å². The van der Waals surface area contributed by atoms with Crippen LogP contribution in [0.5, 0.6) is 5.75 Å². The zero-order valence-electron chi connectivity index (χ0n) is 16.9. The van der Waals surface area contributed by atoms with E-state index >= 15 is 4.39 Å². The average molecular weight is 423 g/mol. The van der Waals surface area contributed by atoms with E-state index in [0.29, 0.717) is 42.5 Å². The van der Waals surface area contributed by atoms with Crippen molar-refractivity contribution in [2.75, 3.05) is 25.3 Å². The molecule has 6 nitrogen and oxygen atoms in total. The van der Waals surface area contributed by atoms with Crippen molar-refractivity contribution in [3.05, 3.63) is 50.5 Å². The maximum atomic E-state index is 15.1. The van der Waals surface area contributed by atoms with Gasteiger partial charge in [-0.15, -0.1) is 0 Å². The number of ether oxygens (including phenoxy) is 2. The fourth-order valence-electron chi connectivity index (χ4n) is 3.39. The fourth-order valence-corrected chi connectivity index (χ4v) is 3.61. The van der Waals surface area contributed by atoms with Crippen LogP contribution in [0.4, 0.5) is 4.39 Å². The summed E-state index contributed by atoms with van der Waals surface area (Å²) >= 11 is 6.38. The number of aromatic nitrogens is 1. The van der Waals surface area contributed by atoms with Crippen molar-refractivity contribution in [1.29, 1.82) is 0 Å². The van der Waals surface area contributed by atoms with Crippen LogP contribution in [0, 0.1) is 5.82 Å². The lowest BCUT2D eigenvalue weighted by atomic mass is 9.99.